The third-order valence-corrected chi connectivity index (χ3v) is 15.0. The first-order chi connectivity index (χ1) is 22.6. The van der Waals surface area contributed by atoms with Crippen molar-refractivity contribution in [3.8, 4) is 11.5 Å². The van der Waals surface area contributed by atoms with Crippen LogP contribution in [0.2, 0.25) is 18.6 Å². The Morgan fingerprint density at radius 2 is 1.77 bits per heavy atom. The molecule has 250 valence electrons. The van der Waals surface area contributed by atoms with E-state index in [-0.39, 0.29) is 41.9 Å². The quantitative estimate of drug-likeness (QED) is 0.269. The molecule has 3 heterocycles. The molecule has 3 aliphatic rings. The summed E-state index contributed by atoms with van der Waals surface area (Å²) in [7, 11) is 1.02. The van der Waals surface area contributed by atoms with Crippen LogP contribution in [-0.2, 0) is 26.5 Å². The molecule has 9 nitrogen and oxygen atoms in total. The number of aliphatic hydroxyl groups excluding tert-OH is 1. The lowest BCUT2D eigenvalue weighted by Crippen LogP contribution is -2.51. The van der Waals surface area contributed by atoms with Crippen LogP contribution in [0.15, 0.2) is 66.7 Å². The summed E-state index contributed by atoms with van der Waals surface area (Å²) < 4.78 is 18.1. The van der Waals surface area contributed by atoms with Gasteiger partial charge in [0.05, 0.1) is 46.5 Å². The highest BCUT2D eigenvalue weighted by Gasteiger charge is 2.66. The molecular weight excluding hydrogens is 611 g/mol. The minimum Gasteiger partial charge on any atom is -0.497 e. The van der Waals surface area contributed by atoms with Gasteiger partial charge in [-0.05, 0) is 79.4 Å². The van der Waals surface area contributed by atoms with Crippen molar-refractivity contribution in [2.45, 2.75) is 63.1 Å². The fourth-order valence-electron chi connectivity index (χ4n) is 8.17. The molecule has 1 spiro atoms. The summed E-state index contributed by atoms with van der Waals surface area (Å²) in [5.41, 5.74) is 2.13. The number of piperidine rings is 1. The monoisotopic (exact) mass is 657 g/mol. The van der Waals surface area contributed by atoms with Gasteiger partial charge in [0.25, 0.3) is 5.91 Å². The van der Waals surface area contributed by atoms with E-state index in [2.05, 4.69) is 42.8 Å². The Kier molecular flexibility index (Phi) is 9.49. The molecule has 2 saturated heterocycles. The first kappa shape index (κ1) is 33.2. The number of benzene rings is 3. The predicted octanol–water partition coefficient (Wildman–Crippen LogP) is 4.79. The third-order valence-electron chi connectivity index (χ3n) is 10.7. The van der Waals surface area contributed by atoms with Crippen molar-refractivity contribution >= 4 is 36.4 Å². The molecule has 47 heavy (non-hydrogen) atoms. The van der Waals surface area contributed by atoms with E-state index in [0.29, 0.717) is 25.3 Å². The van der Waals surface area contributed by atoms with Gasteiger partial charge in [0.2, 0.25) is 5.91 Å². The number of fused-ring (bicyclic) bond motifs is 2. The predicted molar refractivity (Wildman–Crippen MR) is 186 cm³/mol. The molecular formula is C37H47N3O6Si. The van der Waals surface area contributed by atoms with Gasteiger partial charge in [-0.3, -0.25) is 9.59 Å². The number of hydrogen-bond donors (Lipinski definition) is 3. The van der Waals surface area contributed by atoms with Crippen molar-refractivity contribution < 1.29 is 28.9 Å². The normalized spacial score (nSPS) is 25.6. The van der Waals surface area contributed by atoms with Gasteiger partial charge < -0.3 is 34.9 Å². The van der Waals surface area contributed by atoms with Crippen molar-refractivity contribution in [2.75, 3.05) is 44.1 Å². The lowest BCUT2D eigenvalue weighted by molar-refractivity contribution is -0.146. The Morgan fingerprint density at radius 3 is 2.40 bits per heavy atom. The SMILES string of the molecule is COc1ccc([Si](C)(C)[C@@H]2[C@@H](CCO)O[C@]3(C(=O)N(Cc4ccc(NC(=O)C5CCCNC5)cc4)c4ccc(OC)cc43)[C@H]2C)cc1. The molecule has 3 aromatic carbocycles. The average Bonchev–Trinajstić information content (AvgIpc) is 3.52. The third kappa shape index (κ3) is 5.97. The zero-order valence-electron chi connectivity index (χ0n) is 28.0. The zero-order chi connectivity index (χ0) is 33.3. The Morgan fingerprint density at radius 1 is 1.06 bits per heavy atom. The van der Waals surface area contributed by atoms with Gasteiger partial charge in [0, 0.05) is 30.3 Å². The lowest BCUT2D eigenvalue weighted by Gasteiger charge is -2.37. The number of nitrogens with one attached hydrogen (secondary N) is 2. The molecule has 3 aromatic rings. The van der Waals surface area contributed by atoms with Crippen LogP contribution in [0.3, 0.4) is 0 Å². The number of carbonyl (C=O) groups is 2. The molecule has 0 bridgehead atoms. The highest BCUT2D eigenvalue weighted by atomic mass is 28.3. The zero-order valence-corrected chi connectivity index (χ0v) is 29.0. The van der Waals surface area contributed by atoms with Crippen LogP contribution >= 0.6 is 0 Å². The maximum Gasteiger partial charge on any atom is 0.264 e. The summed E-state index contributed by atoms with van der Waals surface area (Å²) in [4.78, 5) is 29.5. The second-order valence-electron chi connectivity index (χ2n) is 13.7. The van der Waals surface area contributed by atoms with E-state index < -0.39 is 13.7 Å². The molecule has 10 heteroatoms. The van der Waals surface area contributed by atoms with Gasteiger partial charge in [-0.2, -0.15) is 0 Å². The highest BCUT2D eigenvalue weighted by Crippen LogP contribution is 2.60. The number of rotatable bonds is 10. The molecule has 5 atom stereocenters. The van der Waals surface area contributed by atoms with Gasteiger partial charge in [-0.1, -0.05) is 49.5 Å². The molecule has 0 saturated carbocycles. The maximum absolute atomic E-state index is 14.9. The van der Waals surface area contributed by atoms with E-state index in [1.54, 1.807) is 14.2 Å². The van der Waals surface area contributed by atoms with Crippen molar-refractivity contribution in [3.63, 3.8) is 0 Å². The first-order valence-corrected chi connectivity index (χ1v) is 19.8. The summed E-state index contributed by atoms with van der Waals surface area (Å²) >= 11 is 0. The molecule has 3 N–H and O–H groups in total. The second kappa shape index (κ2) is 13.4. The molecule has 6 rings (SSSR count). The van der Waals surface area contributed by atoms with Crippen molar-refractivity contribution in [2.24, 2.45) is 11.8 Å². The second-order valence-corrected chi connectivity index (χ2v) is 18.4. The van der Waals surface area contributed by atoms with E-state index >= 15 is 0 Å². The molecule has 2 fully saturated rings. The van der Waals surface area contributed by atoms with E-state index in [4.69, 9.17) is 14.2 Å². The van der Waals surface area contributed by atoms with Crippen molar-refractivity contribution in [3.05, 3.63) is 77.9 Å². The van der Waals surface area contributed by atoms with E-state index in [1.165, 1.54) is 5.19 Å². The van der Waals surface area contributed by atoms with Gasteiger partial charge >= 0.3 is 0 Å². The number of methoxy groups -OCH3 is 2. The van der Waals surface area contributed by atoms with Crippen LogP contribution in [0.25, 0.3) is 0 Å². The molecule has 0 aromatic heterocycles. The van der Waals surface area contributed by atoms with E-state index in [0.717, 1.165) is 47.6 Å². The van der Waals surface area contributed by atoms with Crippen LogP contribution in [-0.4, -0.2) is 65.0 Å². The number of carbonyl (C=O) groups excluding carboxylic acids is 2. The fraction of sp³-hybridized carbons (Fsp3) is 0.459. The number of nitrogens with zero attached hydrogens (tertiary/aromatic N) is 1. The van der Waals surface area contributed by atoms with Crippen molar-refractivity contribution in [1.82, 2.24) is 5.32 Å². The number of ether oxygens (including phenoxy) is 3. The van der Waals surface area contributed by atoms with E-state index in [1.807, 2.05) is 59.5 Å². The topological polar surface area (TPSA) is 109 Å². The summed E-state index contributed by atoms with van der Waals surface area (Å²) in [6.45, 7) is 8.79. The molecule has 1 unspecified atom stereocenters. The number of anilines is 2. The Balaban J connectivity index is 1.31. The molecule has 0 radical (unpaired) electrons. The van der Waals surface area contributed by atoms with Gasteiger partial charge in [-0.25, -0.2) is 0 Å². The van der Waals surface area contributed by atoms with E-state index in [9.17, 15) is 14.7 Å². The number of aliphatic hydroxyl groups is 1. The number of amides is 2. The summed E-state index contributed by atoms with van der Waals surface area (Å²) in [6.07, 6.45) is 2.03. The smallest absolute Gasteiger partial charge is 0.264 e. The standard InChI is InChI=1S/C37H47N3O6Si/c1-24-34(47(4,5)30-15-12-28(44-2)13-16-30)33(18-20-41)46-37(24)31-21-29(45-3)14-17-32(31)40(36(37)43)23-25-8-10-27(11-9-25)39-35(42)26-7-6-19-38-22-26/h8-17,21,24,26,33-34,38,41H,6-7,18-20,22-23H2,1-5H3,(H,39,42)/t24-,26?,33+,34-,37+/m0/s1. The largest absolute Gasteiger partial charge is 0.497 e. The van der Waals surface area contributed by atoms with Gasteiger partial charge in [0.15, 0.2) is 5.60 Å². The van der Waals surface area contributed by atoms with Crippen LogP contribution in [0.5, 0.6) is 11.5 Å². The molecule has 3 aliphatic heterocycles. The average molecular weight is 658 g/mol. The summed E-state index contributed by atoms with van der Waals surface area (Å²) in [5.74, 6) is 1.20. The fourth-order valence-corrected chi connectivity index (χ4v) is 12.2. The van der Waals surface area contributed by atoms with Crippen LogP contribution in [0.1, 0.15) is 37.3 Å². The summed E-state index contributed by atoms with van der Waals surface area (Å²) in [6, 6.07) is 21.8. The van der Waals surface area contributed by atoms with Gasteiger partial charge in [0.1, 0.15) is 11.5 Å². The Bertz CT molecular complexity index is 1590. The lowest BCUT2D eigenvalue weighted by atomic mass is 9.82. The van der Waals surface area contributed by atoms with Crippen LogP contribution < -0.4 is 30.2 Å². The maximum atomic E-state index is 14.9. The molecule has 0 aliphatic carbocycles. The Labute approximate surface area is 278 Å². The van der Waals surface area contributed by atoms with Crippen LogP contribution in [0.4, 0.5) is 11.4 Å². The molecule has 2 amide bonds. The highest BCUT2D eigenvalue weighted by molar-refractivity contribution is 6.91. The Hall–Kier alpha value is -3.70. The number of hydrogen-bond acceptors (Lipinski definition) is 7. The minimum atomic E-state index is -2.27. The van der Waals surface area contributed by atoms with Gasteiger partial charge in [-0.15, -0.1) is 0 Å². The van der Waals surface area contributed by atoms with Crippen molar-refractivity contribution in [1.29, 1.82) is 0 Å². The van der Waals surface area contributed by atoms with Crippen LogP contribution in [0, 0.1) is 11.8 Å². The summed E-state index contributed by atoms with van der Waals surface area (Å²) in [5, 5.41) is 17.8. The minimum absolute atomic E-state index is 0.0277. The first-order valence-electron chi connectivity index (χ1n) is 16.7.